The molecular weight excluding hydrogens is 245 g/mol. The van der Waals surface area contributed by atoms with Crippen LogP contribution in [-0.2, 0) is 6.42 Å². The molecule has 1 unspecified atom stereocenters. The van der Waals surface area contributed by atoms with Crippen LogP contribution in [0.15, 0.2) is 23.1 Å². The Kier molecular flexibility index (Phi) is 5.09. The highest BCUT2D eigenvalue weighted by Gasteiger charge is 2.19. The molecule has 0 saturated heterocycles. The minimum atomic E-state index is -0.111. The van der Waals surface area contributed by atoms with Crippen molar-refractivity contribution in [2.24, 2.45) is 5.92 Å². The van der Waals surface area contributed by atoms with Crippen molar-refractivity contribution in [3.63, 3.8) is 0 Å². The highest BCUT2D eigenvalue weighted by Crippen LogP contribution is 2.33. The molecule has 90 valence electrons. The summed E-state index contributed by atoms with van der Waals surface area (Å²) < 4.78 is 13.1. The van der Waals surface area contributed by atoms with Crippen molar-refractivity contribution in [1.82, 2.24) is 4.90 Å². The molecule has 16 heavy (non-hydrogen) atoms. The quantitative estimate of drug-likeness (QED) is 0.805. The summed E-state index contributed by atoms with van der Waals surface area (Å²) in [5.41, 5.74) is 1.18. The molecule has 0 fully saturated rings. The fourth-order valence-electron chi connectivity index (χ4n) is 2.06. The molecule has 1 heterocycles. The summed E-state index contributed by atoms with van der Waals surface area (Å²) >= 11 is 1.85. The van der Waals surface area contributed by atoms with Gasteiger partial charge in [0.15, 0.2) is 0 Å². The van der Waals surface area contributed by atoms with Gasteiger partial charge in [-0.2, -0.15) is 0 Å². The first kappa shape index (κ1) is 13.8. The van der Waals surface area contributed by atoms with Gasteiger partial charge < -0.3 is 4.90 Å². The van der Waals surface area contributed by atoms with Gasteiger partial charge >= 0.3 is 0 Å². The Morgan fingerprint density at radius 2 is 2.19 bits per heavy atom. The predicted octanol–water partition coefficient (Wildman–Crippen LogP) is 3.07. The second-order valence-electron chi connectivity index (χ2n) is 4.40. The van der Waals surface area contributed by atoms with Gasteiger partial charge in [0.25, 0.3) is 0 Å². The van der Waals surface area contributed by atoms with E-state index >= 15 is 0 Å². The van der Waals surface area contributed by atoms with Crippen LogP contribution in [-0.4, -0.2) is 31.3 Å². The molecule has 1 atom stereocenters. The summed E-state index contributed by atoms with van der Waals surface area (Å²) in [4.78, 5) is 3.46. The smallest absolute Gasteiger partial charge is 0.123 e. The minimum Gasteiger partial charge on any atom is -0.309 e. The Balaban J connectivity index is 0.00000128. The number of halogens is 2. The van der Waals surface area contributed by atoms with Crippen molar-refractivity contribution in [2.45, 2.75) is 11.3 Å². The molecule has 0 bridgehead atoms. The first-order chi connectivity index (χ1) is 7.15. The molecule has 1 aromatic rings. The Labute approximate surface area is 107 Å². The van der Waals surface area contributed by atoms with Gasteiger partial charge in [-0.25, -0.2) is 4.39 Å². The summed E-state index contributed by atoms with van der Waals surface area (Å²) in [7, 11) is 4.18. The maximum atomic E-state index is 13.1. The minimum absolute atomic E-state index is 0. The SMILES string of the molecule is CN(C)CC1CSc2ccc(F)cc2C1.Cl. The molecule has 1 aromatic carbocycles. The van der Waals surface area contributed by atoms with Crippen LogP contribution < -0.4 is 0 Å². The fourth-order valence-corrected chi connectivity index (χ4v) is 3.19. The second-order valence-corrected chi connectivity index (χ2v) is 5.46. The van der Waals surface area contributed by atoms with Gasteiger partial charge in [0, 0.05) is 17.2 Å². The van der Waals surface area contributed by atoms with Crippen molar-refractivity contribution >= 4 is 24.2 Å². The largest absolute Gasteiger partial charge is 0.309 e. The average Bonchev–Trinajstić information content (AvgIpc) is 2.16. The molecule has 1 nitrogen and oxygen atoms in total. The molecule has 1 aliphatic heterocycles. The molecule has 0 spiro atoms. The summed E-state index contributed by atoms with van der Waals surface area (Å²) in [5.74, 6) is 1.69. The van der Waals surface area contributed by atoms with Gasteiger partial charge in [-0.3, -0.25) is 0 Å². The van der Waals surface area contributed by atoms with E-state index in [9.17, 15) is 4.39 Å². The number of nitrogens with zero attached hydrogens (tertiary/aromatic N) is 1. The van der Waals surface area contributed by atoms with Crippen LogP contribution in [0.25, 0.3) is 0 Å². The van der Waals surface area contributed by atoms with Crippen molar-refractivity contribution < 1.29 is 4.39 Å². The molecule has 0 N–H and O–H groups in total. The number of hydrogen-bond donors (Lipinski definition) is 0. The van der Waals surface area contributed by atoms with E-state index in [4.69, 9.17) is 0 Å². The number of thioether (sulfide) groups is 1. The third-order valence-corrected chi connectivity index (χ3v) is 3.98. The lowest BCUT2D eigenvalue weighted by Crippen LogP contribution is -2.26. The van der Waals surface area contributed by atoms with Crippen LogP contribution in [0.2, 0.25) is 0 Å². The van der Waals surface area contributed by atoms with Gasteiger partial charge in [0.05, 0.1) is 0 Å². The van der Waals surface area contributed by atoms with E-state index < -0.39 is 0 Å². The molecule has 0 aromatic heterocycles. The zero-order chi connectivity index (χ0) is 10.8. The lowest BCUT2D eigenvalue weighted by atomic mass is 10.00. The number of benzene rings is 1. The van der Waals surface area contributed by atoms with E-state index in [1.54, 1.807) is 12.1 Å². The topological polar surface area (TPSA) is 3.24 Å². The Morgan fingerprint density at radius 3 is 2.88 bits per heavy atom. The lowest BCUT2D eigenvalue weighted by molar-refractivity contribution is 0.339. The Morgan fingerprint density at radius 1 is 1.44 bits per heavy atom. The van der Waals surface area contributed by atoms with E-state index in [0.717, 1.165) is 18.7 Å². The molecular formula is C12H17ClFNS. The van der Waals surface area contributed by atoms with E-state index in [1.807, 2.05) is 17.8 Å². The first-order valence-corrected chi connectivity index (χ1v) is 6.19. The van der Waals surface area contributed by atoms with Crippen molar-refractivity contribution in [2.75, 3.05) is 26.4 Å². The number of rotatable bonds is 2. The van der Waals surface area contributed by atoms with Crippen molar-refractivity contribution in [3.8, 4) is 0 Å². The molecule has 4 heteroatoms. The van der Waals surface area contributed by atoms with Gasteiger partial charge in [-0.05, 0) is 50.2 Å². The maximum absolute atomic E-state index is 13.1. The molecule has 2 rings (SSSR count). The Hall–Kier alpha value is -0.250. The lowest BCUT2D eigenvalue weighted by Gasteiger charge is -2.26. The average molecular weight is 262 g/mol. The molecule has 0 aliphatic carbocycles. The summed E-state index contributed by atoms with van der Waals surface area (Å²) in [6.45, 7) is 1.09. The van der Waals surface area contributed by atoms with Crippen molar-refractivity contribution in [3.05, 3.63) is 29.6 Å². The monoisotopic (exact) mass is 261 g/mol. The normalized spacial score (nSPS) is 19.1. The van der Waals surface area contributed by atoms with Gasteiger partial charge in [0.1, 0.15) is 5.82 Å². The van der Waals surface area contributed by atoms with Gasteiger partial charge in [-0.1, -0.05) is 0 Å². The summed E-state index contributed by atoms with van der Waals surface area (Å²) in [6, 6.07) is 5.14. The molecule has 0 radical (unpaired) electrons. The van der Waals surface area contributed by atoms with Crippen molar-refractivity contribution in [1.29, 1.82) is 0 Å². The third-order valence-electron chi connectivity index (χ3n) is 2.63. The second kappa shape index (κ2) is 5.89. The zero-order valence-corrected chi connectivity index (χ0v) is 11.2. The number of fused-ring (bicyclic) bond motifs is 1. The van der Waals surface area contributed by atoms with Crippen LogP contribution in [0.3, 0.4) is 0 Å². The van der Waals surface area contributed by atoms with Crippen LogP contribution >= 0.6 is 24.2 Å². The molecule has 0 amide bonds. The van der Waals surface area contributed by atoms with Gasteiger partial charge in [0.2, 0.25) is 0 Å². The van der Waals surface area contributed by atoms with Crippen LogP contribution in [0, 0.1) is 11.7 Å². The molecule has 0 saturated carbocycles. The standard InChI is InChI=1S/C12H16FNS.ClH/c1-14(2)7-9-5-10-6-11(13)3-4-12(10)15-8-9;/h3-4,6,9H,5,7-8H2,1-2H3;1H. The van der Waals surface area contributed by atoms with E-state index in [2.05, 4.69) is 19.0 Å². The first-order valence-electron chi connectivity index (χ1n) is 5.21. The summed E-state index contributed by atoms with van der Waals surface area (Å²) in [6.07, 6.45) is 1.01. The Bertz CT molecular complexity index is 357. The summed E-state index contributed by atoms with van der Waals surface area (Å²) in [5, 5.41) is 0. The zero-order valence-electron chi connectivity index (χ0n) is 9.57. The fraction of sp³-hybridized carbons (Fsp3) is 0.500. The van der Waals surface area contributed by atoms with Crippen LogP contribution in [0.1, 0.15) is 5.56 Å². The van der Waals surface area contributed by atoms with E-state index in [-0.39, 0.29) is 18.2 Å². The number of hydrogen-bond acceptors (Lipinski definition) is 2. The maximum Gasteiger partial charge on any atom is 0.123 e. The highest BCUT2D eigenvalue weighted by atomic mass is 35.5. The van der Waals surface area contributed by atoms with E-state index in [1.165, 1.54) is 10.5 Å². The van der Waals surface area contributed by atoms with Gasteiger partial charge in [-0.15, -0.1) is 24.2 Å². The molecule has 1 aliphatic rings. The van der Waals surface area contributed by atoms with E-state index in [0.29, 0.717) is 5.92 Å². The van der Waals surface area contributed by atoms with Crippen LogP contribution in [0.4, 0.5) is 4.39 Å². The van der Waals surface area contributed by atoms with Crippen LogP contribution in [0.5, 0.6) is 0 Å². The third kappa shape index (κ3) is 3.37. The highest BCUT2D eigenvalue weighted by molar-refractivity contribution is 7.99. The predicted molar refractivity (Wildman–Crippen MR) is 70.1 cm³/mol.